The first-order valence-corrected chi connectivity index (χ1v) is 18.4. The van der Waals surface area contributed by atoms with Gasteiger partial charge in [0.2, 0.25) is 0 Å². The minimum Gasteiger partial charge on any atom is -0.456 e. The van der Waals surface area contributed by atoms with Crippen molar-refractivity contribution in [1.29, 1.82) is 0 Å². The third-order valence-corrected chi connectivity index (χ3v) is 10.5. The lowest BCUT2D eigenvalue weighted by molar-refractivity contribution is 0.669. The Hall–Kier alpha value is -7.16. The third kappa shape index (κ3) is 5.71. The lowest BCUT2D eigenvalue weighted by atomic mass is 9.94. The first-order valence-electron chi connectivity index (χ1n) is 18.4. The number of furan rings is 1. The second kappa shape index (κ2) is 13.4. The fourth-order valence-corrected chi connectivity index (χ4v) is 7.79. The fraction of sp³-hybridized carbons (Fsp3) is 0. The highest BCUT2D eigenvalue weighted by molar-refractivity contribution is 6.06. The molecular weight excluding hydrogens is 655 g/mol. The average molecular weight is 690 g/mol. The summed E-state index contributed by atoms with van der Waals surface area (Å²) in [5, 5.41) is 4.75. The van der Waals surface area contributed by atoms with Gasteiger partial charge in [0, 0.05) is 27.7 Å². The van der Waals surface area contributed by atoms with E-state index in [4.69, 9.17) is 4.42 Å². The quantitative estimate of drug-likeness (QED) is 0.166. The molecule has 1 aromatic heterocycles. The standard InChI is InChI=1S/C52H35NO/c1-3-12-36(13-4-1)37-22-28-43(29-23-37)53(44-30-24-38(25-31-44)41-26-33-49-48-19-9-10-21-51(48)54-52(49)35-41)50-34-42(27-32-47(50)40-14-5-2-6-15-40)46-20-11-17-39-16-7-8-18-45(39)46/h1-35H. The molecule has 10 aromatic rings. The molecule has 1 heterocycles. The molecule has 0 aliphatic heterocycles. The lowest BCUT2D eigenvalue weighted by Crippen LogP contribution is -2.11. The number of nitrogens with zero attached hydrogens (tertiary/aromatic N) is 1. The van der Waals surface area contributed by atoms with E-state index in [0.29, 0.717) is 0 Å². The number of hydrogen-bond acceptors (Lipinski definition) is 2. The molecule has 54 heavy (non-hydrogen) atoms. The third-order valence-electron chi connectivity index (χ3n) is 10.5. The van der Waals surface area contributed by atoms with Crippen LogP contribution in [0.25, 0.3) is 77.2 Å². The summed E-state index contributed by atoms with van der Waals surface area (Å²) in [6.07, 6.45) is 0. The van der Waals surface area contributed by atoms with Crippen LogP contribution in [0, 0.1) is 0 Å². The van der Waals surface area contributed by atoms with Crippen molar-refractivity contribution in [2.24, 2.45) is 0 Å². The minimum absolute atomic E-state index is 0.899. The summed E-state index contributed by atoms with van der Waals surface area (Å²) in [4.78, 5) is 2.40. The number of hydrogen-bond donors (Lipinski definition) is 0. The molecule has 0 atom stereocenters. The van der Waals surface area contributed by atoms with Gasteiger partial charge in [-0.25, -0.2) is 0 Å². The van der Waals surface area contributed by atoms with Crippen LogP contribution in [0.5, 0.6) is 0 Å². The molecule has 2 nitrogen and oxygen atoms in total. The predicted molar refractivity (Wildman–Crippen MR) is 228 cm³/mol. The molecule has 0 aliphatic carbocycles. The van der Waals surface area contributed by atoms with E-state index in [1.807, 2.05) is 12.1 Å². The molecule has 0 saturated heterocycles. The second-order valence-electron chi connectivity index (χ2n) is 13.7. The van der Waals surface area contributed by atoms with Crippen LogP contribution in [0.15, 0.2) is 217 Å². The van der Waals surface area contributed by atoms with Crippen LogP contribution in [0.4, 0.5) is 17.1 Å². The molecule has 2 heteroatoms. The second-order valence-corrected chi connectivity index (χ2v) is 13.7. The van der Waals surface area contributed by atoms with Crippen LogP contribution in [-0.2, 0) is 0 Å². The average Bonchev–Trinajstić information content (AvgIpc) is 3.63. The van der Waals surface area contributed by atoms with E-state index < -0.39 is 0 Å². The van der Waals surface area contributed by atoms with Gasteiger partial charge in [0.25, 0.3) is 0 Å². The Balaban J connectivity index is 1.14. The van der Waals surface area contributed by atoms with Gasteiger partial charge < -0.3 is 9.32 Å². The fourth-order valence-electron chi connectivity index (χ4n) is 7.79. The molecule has 0 bridgehead atoms. The van der Waals surface area contributed by atoms with E-state index in [9.17, 15) is 0 Å². The summed E-state index contributed by atoms with van der Waals surface area (Å²) in [6.45, 7) is 0. The van der Waals surface area contributed by atoms with E-state index in [2.05, 4.69) is 205 Å². The first kappa shape index (κ1) is 31.6. The maximum atomic E-state index is 6.26. The van der Waals surface area contributed by atoms with E-state index in [0.717, 1.165) is 55.7 Å². The van der Waals surface area contributed by atoms with Crippen LogP contribution < -0.4 is 4.90 Å². The summed E-state index contributed by atoms with van der Waals surface area (Å²) < 4.78 is 6.26. The van der Waals surface area contributed by atoms with Gasteiger partial charge >= 0.3 is 0 Å². The highest BCUT2D eigenvalue weighted by Crippen LogP contribution is 2.44. The molecule has 254 valence electrons. The van der Waals surface area contributed by atoms with E-state index >= 15 is 0 Å². The van der Waals surface area contributed by atoms with Crippen LogP contribution in [-0.4, -0.2) is 0 Å². The number of benzene rings is 9. The van der Waals surface area contributed by atoms with Crippen LogP contribution >= 0.6 is 0 Å². The van der Waals surface area contributed by atoms with E-state index in [1.165, 1.54) is 38.6 Å². The van der Waals surface area contributed by atoms with Gasteiger partial charge in [-0.15, -0.1) is 0 Å². The lowest BCUT2D eigenvalue weighted by Gasteiger charge is -2.29. The van der Waals surface area contributed by atoms with Crippen molar-refractivity contribution in [2.75, 3.05) is 4.90 Å². The Morgan fingerprint density at radius 3 is 1.57 bits per heavy atom. The molecule has 0 radical (unpaired) electrons. The summed E-state index contributed by atoms with van der Waals surface area (Å²) in [7, 11) is 0. The molecule has 9 aromatic carbocycles. The largest absolute Gasteiger partial charge is 0.456 e. The van der Waals surface area contributed by atoms with Crippen molar-refractivity contribution in [3.8, 4) is 44.5 Å². The van der Waals surface area contributed by atoms with Crippen molar-refractivity contribution in [2.45, 2.75) is 0 Å². The van der Waals surface area contributed by atoms with Gasteiger partial charge in [-0.2, -0.15) is 0 Å². The van der Waals surface area contributed by atoms with Crippen molar-refractivity contribution >= 4 is 49.8 Å². The van der Waals surface area contributed by atoms with Gasteiger partial charge in [0.05, 0.1) is 5.69 Å². The molecule has 0 saturated carbocycles. The normalized spacial score (nSPS) is 11.3. The summed E-state index contributed by atoms with van der Waals surface area (Å²) in [5.41, 5.74) is 14.4. The van der Waals surface area contributed by atoms with Crippen molar-refractivity contribution in [3.05, 3.63) is 212 Å². The summed E-state index contributed by atoms with van der Waals surface area (Å²) in [6, 6.07) is 76.0. The van der Waals surface area contributed by atoms with Crippen molar-refractivity contribution in [3.63, 3.8) is 0 Å². The van der Waals surface area contributed by atoms with Gasteiger partial charge in [-0.05, 0) is 98.2 Å². The van der Waals surface area contributed by atoms with Crippen LogP contribution in [0.2, 0.25) is 0 Å². The Kier molecular flexibility index (Phi) is 7.85. The molecular formula is C52H35NO. The number of para-hydroxylation sites is 1. The van der Waals surface area contributed by atoms with Gasteiger partial charge in [-0.1, -0.05) is 164 Å². The molecule has 0 spiro atoms. The Labute approximate surface area is 314 Å². The van der Waals surface area contributed by atoms with Crippen molar-refractivity contribution < 1.29 is 4.42 Å². The van der Waals surface area contributed by atoms with Gasteiger partial charge in [0.1, 0.15) is 11.2 Å². The van der Waals surface area contributed by atoms with E-state index in [1.54, 1.807) is 0 Å². The zero-order chi connectivity index (χ0) is 35.8. The SMILES string of the molecule is c1ccc(-c2ccc(N(c3ccc(-c4ccc5c(c4)oc4ccccc45)cc3)c3cc(-c4cccc5ccccc45)ccc3-c3ccccc3)cc2)cc1. The number of anilines is 3. The zero-order valence-corrected chi connectivity index (χ0v) is 29.6. The minimum atomic E-state index is 0.899. The number of fused-ring (bicyclic) bond motifs is 4. The van der Waals surface area contributed by atoms with Crippen molar-refractivity contribution in [1.82, 2.24) is 0 Å². The summed E-state index contributed by atoms with van der Waals surface area (Å²) in [5.74, 6) is 0. The monoisotopic (exact) mass is 689 g/mol. The molecule has 0 fully saturated rings. The van der Waals surface area contributed by atoms with E-state index in [-0.39, 0.29) is 0 Å². The Morgan fingerprint density at radius 1 is 0.296 bits per heavy atom. The van der Waals surface area contributed by atoms with Gasteiger partial charge in [-0.3, -0.25) is 0 Å². The topological polar surface area (TPSA) is 16.4 Å². The first-order chi connectivity index (χ1) is 26.8. The molecule has 0 amide bonds. The summed E-state index contributed by atoms with van der Waals surface area (Å²) >= 11 is 0. The molecule has 0 N–H and O–H groups in total. The van der Waals surface area contributed by atoms with Gasteiger partial charge in [0.15, 0.2) is 0 Å². The highest BCUT2D eigenvalue weighted by atomic mass is 16.3. The molecule has 0 aliphatic rings. The smallest absolute Gasteiger partial charge is 0.136 e. The predicted octanol–water partition coefficient (Wildman–Crippen LogP) is 14.9. The Morgan fingerprint density at radius 2 is 0.833 bits per heavy atom. The number of rotatable bonds is 7. The zero-order valence-electron chi connectivity index (χ0n) is 29.6. The van der Waals surface area contributed by atoms with Crippen LogP contribution in [0.3, 0.4) is 0 Å². The Bertz CT molecular complexity index is 2900. The highest BCUT2D eigenvalue weighted by Gasteiger charge is 2.20. The maximum Gasteiger partial charge on any atom is 0.136 e. The molecule has 0 unspecified atom stereocenters. The molecule has 10 rings (SSSR count). The van der Waals surface area contributed by atoms with Crippen LogP contribution in [0.1, 0.15) is 0 Å². The maximum absolute atomic E-state index is 6.26.